The second-order valence-electron chi connectivity index (χ2n) is 9.14. The van der Waals surface area contributed by atoms with E-state index < -0.39 is 17.0 Å². The van der Waals surface area contributed by atoms with Gasteiger partial charge in [0, 0.05) is 30.8 Å². The Hall–Kier alpha value is -4.22. The highest BCUT2D eigenvalue weighted by Crippen LogP contribution is 2.23. The molecule has 0 saturated carbocycles. The summed E-state index contributed by atoms with van der Waals surface area (Å²) >= 11 is 0. The Morgan fingerprint density at radius 2 is 1.02 bits per heavy atom. The molecule has 0 aliphatic carbocycles. The van der Waals surface area contributed by atoms with E-state index in [1.165, 1.54) is 34.6 Å². The van der Waals surface area contributed by atoms with Gasteiger partial charge in [0.2, 0.25) is 0 Å². The van der Waals surface area contributed by atoms with Gasteiger partial charge in [-0.3, -0.25) is 4.79 Å². The maximum Gasteiger partial charge on any atom is 0.303 e. The van der Waals surface area contributed by atoms with Crippen LogP contribution in [0.4, 0.5) is 0 Å². The first-order chi connectivity index (χ1) is 17.3. The van der Waals surface area contributed by atoms with Crippen LogP contribution in [0.25, 0.3) is 0 Å². The van der Waals surface area contributed by atoms with E-state index in [1.54, 1.807) is 13.8 Å². The van der Waals surface area contributed by atoms with Gasteiger partial charge in [-0.2, -0.15) is 31.3 Å². The molecular formula is C33H64N6O5. The average Bonchev–Trinajstić information content (AvgIpc) is 2.83. The Bertz CT molecular complexity index is 948. The van der Waals surface area contributed by atoms with Crippen molar-refractivity contribution < 1.29 is 24.3 Å². The lowest BCUT2D eigenvalue weighted by Gasteiger charge is -2.18. The van der Waals surface area contributed by atoms with Crippen LogP contribution in [0.15, 0.2) is 22.4 Å². The second-order valence-corrected chi connectivity index (χ2v) is 9.14. The number of nitriles is 4. The van der Waals surface area contributed by atoms with E-state index in [-0.39, 0.29) is 93.5 Å². The average molecular weight is 625 g/mol. The number of carboxylic acids is 1. The SMILES string of the molecule is C.C.C.C.C.C.C=C(C)C#N.CC(=O)CCC(C)(C#N)N=NC(C)(C#N)CCC(=O)O.CC(=O)CCC(C)C#N.CC(C)=O. The minimum atomic E-state index is -1.28. The Balaban J connectivity index is -0.0000000509. The van der Waals surface area contributed by atoms with Crippen molar-refractivity contribution >= 4 is 23.3 Å². The summed E-state index contributed by atoms with van der Waals surface area (Å²) in [6, 6.07) is 7.75. The molecule has 256 valence electrons. The number of azo groups is 1. The largest absolute Gasteiger partial charge is 0.481 e. The van der Waals surface area contributed by atoms with Crippen molar-refractivity contribution in [3.63, 3.8) is 0 Å². The van der Waals surface area contributed by atoms with Crippen LogP contribution in [0, 0.1) is 51.2 Å². The first kappa shape index (κ1) is 67.5. The maximum atomic E-state index is 10.9. The fourth-order valence-electron chi connectivity index (χ4n) is 1.73. The Labute approximate surface area is 270 Å². The number of hydrogen-bond acceptors (Lipinski definition) is 10. The van der Waals surface area contributed by atoms with Gasteiger partial charge in [-0.15, -0.1) is 0 Å². The van der Waals surface area contributed by atoms with E-state index >= 15 is 0 Å². The van der Waals surface area contributed by atoms with E-state index in [4.69, 9.17) is 26.2 Å². The number of Topliss-reactive ketones (excluding diaryl/α,β-unsaturated/α-hetero) is 3. The third kappa shape index (κ3) is 57.6. The highest BCUT2D eigenvalue weighted by atomic mass is 16.4. The van der Waals surface area contributed by atoms with E-state index in [1.807, 2.05) is 25.1 Å². The molecule has 0 aromatic heterocycles. The second kappa shape index (κ2) is 38.8. The molecule has 3 unspecified atom stereocenters. The van der Waals surface area contributed by atoms with Crippen LogP contribution in [0.2, 0.25) is 0 Å². The molecule has 0 bridgehead atoms. The van der Waals surface area contributed by atoms with E-state index in [0.29, 0.717) is 18.4 Å². The first-order valence-corrected chi connectivity index (χ1v) is 11.7. The molecule has 1 N–H and O–H groups in total. The molecule has 0 aromatic carbocycles. The predicted octanol–water partition coefficient (Wildman–Crippen LogP) is 9.25. The molecule has 0 aliphatic heterocycles. The summed E-state index contributed by atoms with van der Waals surface area (Å²) in [4.78, 5) is 41.3. The molecule has 0 fully saturated rings. The van der Waals surface area contributed by atoms with Crippen molar-refractivity contribution in [1.29, 1.82) is 21.0 Å². The van der Waals surface area contributed by atoms with Crippen molar-refractivity contribution in [2.75, 3.05) is 0 Å². The van der Waals surface area contributed by atoms with Crippen molar-refractivity contribution in [2.45, 2.75) is 150 Å². The summed E-state index contributed by atoms with van der Waals surface area (Å²) in [5, 5.41) is 50.5. The van der Waals surface area contributed by atoms with Crippen molar-refractivity contribution in [3.05, 3.63) is 12.2 Å². The van der Waals surface area contributed by atoms with Crippen LogP contribution in [-0.4, -0.2) is 39.5 Å². The van der Waals surface area contributed by atoms with Crippen LogP contribution >= 0.6 is 0 Å². The Kier molecular flexibility index (Phi) is 59.5. The highest BCUT2D eigenvalue weighted by Gasteiger charge is 2.29. The molecule has 0 aromatic rings. The number of allylic oxidation sites excluding steroid dienone is 1. The lowest BCUT2D eigenvalue weighted by molar-refractivity contribution is -0.137. The summed E-state index contributed by atoms with van der Waals surface area (Å²) in [6.07, 6.45) is 1.45. The summed E-state index contributed by atoms with van der Waals surface area (Å²) in [7, 11) is 0. The topological polar surface area (TPSA) is 208 Å². The number of hydrogen-bond donors (Lipinski definition) is 1. The number of aliphatic carboxylic acids is 1. The van der Waals surface area contributed by atoms with Crippen molar-refractivity contribution in [1.82, 2.24) is 0 Å². The molecule has 44 heavy (non-hydrogen) atoms. The van der Waals surface area contributed by atoms with Crippen LogP contribution in [0.3, 0.4) is 0 Å². The fourth-order valence-corrected chi connectivity index (χ4v) is 1.73. The molecule has 11 heteroatoms. The minimum absolute atomic E-state index is 0. The summed E-state index contributed by atoms with van der Waals surface area (Å²) < 4.78 is 0. The van der Waals surface area contributed by atoms with Crippen LogP contribution < -0.4 is 0 Å². The third-order valence-electron chi connectivity index (χ3n) is 4.10. The zero-order valence-electron chi connectivity index (χ0n) is 23.8. The van der Waals surface area contributed by atoms with E-state index in [0.717, 1.165) is 0 Å². The van der Waals surface area contributed by atoms with Crippen molar-refractivity contribution in [3.8, 4) is 24.3 Å². The summed E-state index contributed by atoms with van der Waals surface area (Å²) in [5.74, 6) is -0.733. The maximum absolute atomic E-state index is 10.9. The van der Waals surface area contributed by atoms with E-state index in [2.05, 4.69) is 22.9 Å². The van der Waals surface area contributed by atoms with Gasteiger partial charge in [0.25, 0.3) is 0 Å². The normalized spacial score (nSPS) is 11.3. The van der Waals surface area contributed by atoms with Crippen molar-refractivity contribution in [2.24, 2.45) is 16.1 Å². The molecular weight excluding hydrogens is 560 g/mol. The van der Waals surface area contributed by atoms with E-state index in [9.17, 15) is 19.2 Å². The minimum Gasteiger partial charge on any atom is -0.481 e. The Morgan fingerprint density at radius 3 is 1.23 bits per heavy atom. The monoisotopic (exact) mass is 624 g/mol. The molecule has 0 heterocycles. The van der Waals surface area contributed by atoms with Crippen LogP contribution in [0.1, 0.15) is 138 Å². The fraction of sp³-hybridized carbons (Fsp3) is 0.697. The predicted molar refractivity (Wildman–Crippen MR) is 182 cm³/mol. The number of carbonyl (C=O) groups excluding carboxylic acids is 3. The lowest BCUT2D eigenvalue weighted by atomic mass is 9.97. The van der Waals surface area contributed by atoms with Gasteiger partial charge in [-0.1, -0.05) is 51.1 Å². The van der Waals surface area contributed by atoms with Gasteiger partial charge in [0.1, 0.15) is 17.3 Å². The summed E-state index contributed by atoms with van der Waals surface area (Å²) in [5.41, 5.74) is -1.91. The smallest absolute Gasteiger partial charge is 0.303 e. The molecule has 0 aliphatic rings. The first-order valence-electron chi connectivity index (χ1n) is 11.7. The van der Waals surface area contributed by atoms with Gasteiger partial charge in [0.05, 0.1) is 24.3 Å². The highest BCUT2D eigenvalue weighted by molar-refractivity contribution is 5.75. The van der Waals surface area contributed by atoms with Gasteiger partial charge in [-0.25, -0.2) is 0 Å². The third-order valence-corrected chi connectivity index (χ3v) is 4.10. The molecule has 0 spiro atoms. The molecule has 0 rings (SSSR count). The zero-order valence-corrected chi connectivity index (χ0v) is 23.8. The number of carbonyl (C=O) groups is 4. The number of nitrogens with zero attached hydrogens (tertiary/aromatic N) is 6. The number of rotatable bonds is 11. The standard InChI is InChI=1S/C13H18N4O3.C7H11NO.C4H5N.C3H6O.6CH4/c1-10(18)4-6-12(2,8-14)16-17-13(3,9-15)7-5-11(19)20;1-6(5-8)3-4-7(2)9;1-4(2)3-5;1-3(2)4;;;;;;/h4-7H2,1-3H3,(H,19,20);6H,3-4H2,1-2H3;1H2,2H3;1-2H3;6*1H4. The molecule has 0 saturated heterocycles. The van der Waals surface area contributed by atoms with Crippen LogP contribution in [-0.2, 0) is 19.2 Å². The Morgan fingerprint density at radius 1 is 0.727 bits per heavy atom. The molecule has 11 nitrogen and oxygen atoms in total. The summed E-state index contributed by atoms with van der Waals surface area (Å²) in [6.45, 7) is 15.8. The molecule has 0 amide bonds. The zero-order chi connectivity index (χ0) is 30.9. The lowest BCUT2D eigenvalue weighted by Crippen LogP contribution is -2.25. The quantitative estimate of drug-likeness (QED) is 0.171. The number of carboxylic acid groups (broad SMARTS) is 1. The van der Waals surface area contributed by atoms with Gasteiger partial charge in [0.15, 0.2) is 11.1 Å². The number of ketones is 3. The molecule has 3 atom stereocenters. The van der Waals surface area contributed by atoms with Gasteiger partial charge >= 0.3 is 5.97 Å². The van der Waals surface area contributed by atoms with Gasteiger partial charge in [-0.05, 0) is 74.7 Å². The molecule has 0 radical (unpaired) electrons. The van der Waals surface area contributed by atoms with Crippen LogP contribution in [0.5, 0.6) is 0 Å². The van der Waals surface area contributed by atoms with Gasteiger partial charge < -0.3 is 19.5 Å².